The van der Waals surface area contributed by atoms with Crippen molar-refractivity contribution in [3.05, 3.63) is 35.1 Å². The lowest BCUT2D eigenvalue weighted by atomic mass is 9.99. The van der Waals surface area contributed by atoms with Crippen LogP contribution in [-0.4, -0.2) is 22.8 Å². The standard InChI is InChI=1S/C13H16FN3O/c1-7(2)17-11(12(15)16-13(17)18)10-6-9(14)5-4-8(10)3/h4-7,11H,1-3H3,(H2,15,16,18). The van der Waals surface area contributed by atoms with Crippen LogP contribution in [0.25, 0.3) is 0 Å². The second-order valence-corrected chi connectivity index (χ2v) is 4.72. The topological polar surface area (TPSA) is 58.7 Å². The summed E-state index contributed by atoms with van der Waals surface area (Å²) in [4.78, 5) is 17.1. The first kappa shape index (κ1) is 12.5. The average Bonchev–Trinajstić information content (AvgIpc) is 2.57. The molecule has 1 aliphatic heterocycles. The Balaban J connectivity index is 2.51. The largest absolute Gasteiger partial charge is 0.385 e. The summed E-state index contributed by atoms with van der Waals surface area (Å²) in [6, 6.07) is 3.61. The maximum atomic E-state index is 13.4. The summed E-state index contributed by atoms with van der Waals surface area (Å²) in [5.41, 5.74) is 7.39. The third kappa shape index (κ3) is 1.96. The Kier molecular flexibility index (Phi) is 3.07. The summed E-state index contributed by atoms with van der Waals surface area (Å²) in [5, 5.41) is 0. The lowest BCUT2D eigenvalue weighted by molar-refractivity contribution is 0.190. The molecule has 0 bridgehead atoms. The molecule has 0 saturated heterocycles. The molecule has 0 aliphatic carbocycles. The highest BCUT2D eigenvalue weighted by Crippen LogP contribution is 2.31. The highest BCUT2D eigenvalue weighted by Gasteiger charge is 2.37. The number of hydrogen-bond donors (Lipinski definition) is 1. The molecular weight excluding hydrogens is 233 g/mol. The number of urea groups is 1. The number of nitrogens with zero attached hydrogens (tertiary/aromatic N) is 2. The Bertz CT molecular complexity index is 525. The Hall–Kier alpha value is -1.91. The van der Waals surface area contributed by atoms with Gasteiger partial charge in [-0.3, -0.25) is 0 Å². The average molecular weight is 249 g/mol. The fraction of sp³-hybridized carbons (Fsp3) is 0.385. The number of amidine groups is 1. The first-order valence-electron chi connectivity index (χ1n) is 5.84. The van der Waals surface area contributed by atoms with Gasteiger partial charge in [0.15, 0.2) is 0 Å². The maximum Gasteiger partial charge on any atom is 0.346 e. The molecule has 0 fully saturated rings. The van der Waals surface area contributed by atoms with E-state index in [9.17, 15) is 9.18 Å². The van der Waals surface area contributed by atoms with Gasteiger partial charge < -0.3 is 10.6 Å². The van der Waals surface area contributed by atoms with Gasteiger partial charge in [0.05, 0.1) is 0 Å². The van der Waals surface area contributed by atoms with Crippen LogP contribution in [-0.2, 0) is 0 Å². The first-order chi connectivity index (χ1) is 8.41. The molecule has 1 aromatic rings. The van der Waals surface area contributed by atoms with Gasteiger partial charge in [-0.2, -0.15) is 4.99 Å². The van der Waals surface area contributed by atoms with Crippen molar-refractivity contribution in [3.63, 3.8) is 0 Å². The van der Waals surface area contributed by atoms with Gasteiger partial charge in [-0.25, -0.2) is 9.18 Å². The fourth-order valence-electron chi connectivity index (χ4n) is 2.22. The number of rotatable bonds is 2. The number of nitrogens with two attached hydrogens (primary N) is 1. The third-order valence-corrected chi connectivity index (χ3v) is 3.10. The lowest BCUT2D eigenvalue weighted by Crippen LogP contribution is -2.38. The molecule has 2 rings (SSSR count). The van der Waals surface area contributed by atoms with Gasteiger partial charge in [-0.15, -0.1) is 0 Å². The van der Waals surface area contributed by atoms with Crippen LogP contribution in [0.2, 0.25) is 0 Å². The van der Waals surface area contributed by atoms with Crippen LogP contribution in [0.15, 0.2) is 23.2 Å². The monoisotopic (exact) mass is 249 g/mol. The second kappa shape index (κ2) is 4.40. The van der Waals surface area contributed by atoms with E-state index < -0.39 is 6.04 Å². The zero-order valence-corrected chi connectivity index (χ0v) is 10.6. The molecule has 0 radical (unpaired) electrons. The number of carbonyl (C=O) groups is 1. The predicted octanol–water partition coefficient (Wildman–Crippen LogP) is 2.38. The number of aryl methyl sites for hydroxylation is 1. The normalized spacial score (nSPS) is 19.6. The molecule has 5 heteroatoms. The number of amides is 2. The molecule has 1 heterocycles. The number of aliphatic imine (C=N–C) groups is 1. The Morgan fingerprint density at radius 1 is 1.44 bits per heavy atom. The molecular formula is C13H16FN3O. The zero-order chi connectivity index (χ0) is 13.4. The molecule has 2 N–H and O–H groups in total. The van der Waals surface area contributed by atoms with Crippen LogP contribution in [0.4, 0.5) is 9.18 Å². The van der Waals surface area contributed by atoms with Gasteiger partial charge in [0.2, 0.25) is 0 Å². The van der Waals surface area contributed by atoms with Crippen LogP contribution >= 0.6 is 0 Å². The van der Waals surface area contributed by atoms with Crippen LogP contribution < -0.4 is 5.73 Å². The molecule has 0 saturated carbocycles. The van der Waals surface area contributed by atoms with Crippen molar-refractivity contribution in [2.45, 2.75) is 32.9 Å². The van der Waals surface area contributed by atoms with Crippen molar-refractivity contribution >= 4 is 11.9 Å². The Morgan fingerprint density at radius 2 is 2.11 bits per heavy atom. The van der Waals surface area contributed by atoms with E-state index in [1.165, 1.54) is 12.1 Å². The molecule has 18 heavy (non-hydrogen) atoms. The smallest absolute Gasteiger partial charge is 0.346 e. The Morgan fingerprint density at radius 3 is 2.72 bits per heavy atom. The maximum absolute atomic E-state index is 13.4. The van der Waals surface area contributed by atoms with Gasteiger partial charge in [0.1, 0.15) is 17.7 Å². The van der Waals surface area contributed by atoms with Crippen LogP contribution in [0.1, 0.15) is 31.0 Å². The van der Waals surface area contributed by atoms with Crippen molar-refractivity contribution in [2.24, 2.45) is 10.7 Å². The van der Waals surface area contributed by atoms with E-state index in [0.29, 0.717) is 5.56 Å². The summed E-state index contributed by atoms with van der Waals surface area (Å²) in [5.74, 6) is -0.117. The third-order valence-electron chi connectivity index (χ3n) is 3.10. The van der Waals surface area contributed by atoms with Crippen molar-refractivity contribution < 1.29 is 9.18 Å². The van der Waals surface area contributed by atoms with Crippen molar-refractivity contribution in [1.82, 2.24) is 4.90 Å². The van der Waals surface area contributed by atoms with Crippen LogP contribution in [0.5, 0.6) is 0 Å². The highest BCUT2D eigenvalue weighted by atomic mass is 19.1. The number of benzene rings is 1. The van der Waals surface area contributed by atoms with Gasteiger partial charge in [-0.1, -0.05) is 6.07 Å². The lowest BCUT2D eigenvalue weighted by Gasteiger charge is -2.29. The first-order valence-corrected chi connectivity index (χ1v) is 5.84. The minimum atomic E-state index is -0.465. The van der Waals surface area contributed by atoms with E-state index in [-0.39, 0.29) is 23.7 Å². The van der Waals surface area contributed by atoms with Gasteiger partial charge in [0.25, 0.3) is 0 Å². The minimum absolute atomic E-state index is 0.0463. The molecule has 1 unspecified atom stereocenters. The van der Waals surface area contributed by atoms with E-state index in [0.717, 1.165) is 5.56 Å². The minimum Gasteiger partial charge on any atom is -0.385 e. The summed E-state index contributed by atoms with van der Waals surface area (Å²) < 4.78 is 13.4. The summed E-state index contributed by atoms with van der Waals surface area (Å²) in [6.45, 7) is 5.63. The number of hydrogen-bond acceptors (Lipinski definition) is 2. The van der Waals surface area contributed by atoms with Gasteiger partial charge >= 0.3 is 6.03 Å². The van der Waals surface area contributed by atoms with E-state index in [1.807, 2.05) is 20.8 Å². The van der Waals surface area contributed by atoms with Crippen molar-refractivity contribution in [2.75, 3.05) is 0 Å². The number of halogens is 1. The number of carbonyl (C=O) groups excluding carboxylic acids is 1. The van der Waals surface area contributed by atoms with Crippen molar-refractivity contribution in [3.8, 4) is 0 Å². The SMILES string of the molecule is Cc1ccc(F)cc1C1C(N)=NC(=O)N1C(C)C. The van der Waals surface area contributed by atoms with E-state index in [2.05, 4.69) is 4.99 Å². The predicted molar refractivity (Wildman–Crippen MR) is 67.9 cm³/mol. The molecule has 1 aliphatic rings. The molecule has 1 atom stereocenters. The van der Waals surface area contributed by atoms with E-state index >= 15 is 0 Å². The van der Waals surface area contributed by atoms with E-state index in [1.54, 1.807) is 11.0 Å². The van der Waals surface area contributed by atoms with Gasteiger partial charge in [-0.05, 0) is 44.0 Å². The molecule has 0 spiro atoms. The van der Waals surface area contributed by atoms with Crippen molar-refractivity contribution in [1.29, 1.82) is 0 Å². The molecule has 0 aromatic heterocycles. The quantitative estimate of drug-likeness (QED) is 0.874. The second-order valence-electron chi connectivity index (χ2n) is 4.72. The molecule has 4 nitrogen and oxygen atoms in total. The summed E-state index contributed by atoms with van der Waals surface area (Å²) in [7, 11) is 0. The van der Waals surface area contributed by atoms with Gasteiger partial charge in [0, 0.05) is 6.04 Å². The fourth-order valence-corrected chi connectivity index (χ4v) is 2.22. The molecule has 96 valence electrons. The molecule has 1 aromatic carbocycles. The highest BCUT2D eigenvalue weighted by molar-refractivity contribution is 6.03. The van der Waals surface area contributed by atoms with Crippen LogP contribution in [0, 0.1) is 12.7 Å². The van der Waals surface area contributed by atoms with Crippen LogP contribution in [0.3, 0.4) is 0 Å². The molecule has 2 amide bonds. The summed E-state index contributed by atoms with van der Waals surface area (Å²) in [6.07, 6.45) is 0. The Labute approximate surface area is 105 Å². The van der Waals surface area contributed by atoms with E-state index in [4.69, 9.17) is 5.73 Å². The zero-order valence-electron chi connectivity index (χ0n) is 10.6. The summed E-state index contributed by atoms with van der Waals surface area (Å²) >= 11 is 0.